The highest BCUT2D eigenvalue weighted by Gasteiger charge is 2.06. The van der Waals surface area contributed by atoms with Gasteiger partial charge in [0, 0.05) is 0 Å². The van der Waals surface area contributed by atoms with Crippen LogP contribution in [0.3, 0.4) is 0 Å². The molecule has 0 aliphatic carbocycles. The molecule has 0 rings (SSSR count). The molecule has 0 fully saturated rings. The Labute approximate surface area is 52.9 Å². The Hall–Kier alpha value is -0.690. The molecule has 44 valence electrons. The summed E-state index contributed by atoms with van der Waals surface area (Å²) < 4.78 is 0. The van der Waals surface area contributed by atoms with E-state index in [9.17, 15) is 4.79 Å². The van der Waals surface area contributed by atoms with Gasteiger partial charge in [0.2, 0.25) is 5.91 Å². The maximum absolute atomic E-state index is 10.1. The third kappa shape index (κ3) is 2.48. The van der Waals surface area contributed by atoms with Crippen molar-refractivity contribution in [2.24, 2.45) is 5.73 Å². The Morgan fingerprint density at radius 2 is 2.50 bits per heavy atom. The second-order valence-electron chi connectivity index (χ2n) is 1.28. The number of nitrogens with zero attached hydrogens (tertiary/aromatic N) is 1. The van der Waals surface area contributed by atoms with Gasteiger partial charge in [-0.15, -0.1) is 0 Å². The van der Waals surface area contributed by atoms with Crippen LogP contribution in [0, 0.1) is 11.3 Å². The molecule has 0 saturated carbocycles. The highest BCUT2D eigenvalue weighted by molar-refractivity contribution is 7.81. The molecule has 0 heterocycles. The molecule has 2 N–H and O–H groups in total. The summed E-state index contributed by atoms with van der Waals surface area (Å²) in [5, 5.41) is 7.37. The lowest BCUT2D eigenvalue weighted by molar-refractivity contribution is -0.117. The standard InChI is InChI=1S/C4H6N2OS/c5-2-1-3(8)4(6)7/h3,8H,1H2,(H2,6,7). The molecule has 0 aromatic carbocycles. The summed E-state index contributed by atoms with van der Waals surface area (Å²) in [6.45, 7) is 0. The molecule has 0 radical (unpaired) electrons. The van der Waals surface area contributed by atoms with Crippen molar-refractivity contribution >= 4 is 18.5 Å². The summed E-state index contributed by atoms with van der Waals surface area (Å²) >= 11 is 3.71. The maximum atomic E-state index is 10.1. The van der Waals surface area contributed by atoms with E-state index < -0.39 is 11.2 Å². The van der Waals surface area contributed by atoms with Crippen molar-refractivity contribution in [2.45, 2.75) is 11.7 Å². The van der Waals surface area contributed by atoms with Crippen LogP contribution in [-0.4, -0.2) is 11.2 Å². The van der Waals surface area contributed by atoms with Crippen molar-refractivity contribution in [1.82, 2.24) is 0 Å². The van der Waals surface area contributed by atoms with Gasteiger partial charge in [-0.25, -0.2) is 0 Å². The number of hydrogen-bond acceptors (Lipinski definition) is 3. The van der Waals surface area contributed by atoms with Crippen molar-refractivity contribution in [3.63, 3.8) is 0 Å². The lowest BCUT2D eigenvalue weighted by Gasteiger charge is -1.95. The van der Waals surface area contributed by atoms with E-state index >= 15 is 0 Å². The molecule has 0 bridgehead atoms. The molecule has 0 saturated heterocycles. The van der Waals surface area contributed by atoms with E-state index in [1.54, 1.807) is 6.07 Å². The third-order valence-corrected chi connectivity index (χ3v) is 1.05. The molecule has 1 amide bonds. The minimum absolute atomic E-state index is 0.0818. The summed E-state index contributed by atoms with van der Waals surface area (Å²) in [5.74, 6) is -0.546. The van der Waals surface area contributed by atoms with Crippen LogP contribution in [0.5, 0.6) is 0 Å². The van der Waals surface area contributed by atoms with Gasteiger partial charge in [-0.05, 0) is 0 Å². The minimum atomic E-state index is -0.611. The molecule has 0 spiro atoms. The fourth-order valence-corrected chi connectivity index (χ4v) is 0.269. The fraction of sp³-hybridized carbons (Fsp3) is 0.500. The molecular weight excluding hydrogens is 124 g/mol. The van der Waals surface area contributed by atoms with Gasteiger partial charge >= 0.3 is 0 Å². The van der Waals surface area contributed by atoms with Gasteiger partial charge in [0.1, 0.15) is 0 Å². The van der Waals surface area contributed by atoms with Crippen LogP contribution in [-0.2, 0) is 4.79 Å². The van der Waals surface area contributed by atoms with E-state index in [-0.39, 0.29) is 6.42 Å². The van der Waals surface area contributed by atoms with Crippen LogP contribution < -0.4 is 5.73 Å². The number of thiol groups is 1. The lowest BCUT2D eigenvalue weighted by Crippen LogP contribution is -2.22. The number of nitriles is 1. The maximum Gasteiger partial charge on any atom is 0.231 e. The predicted octanol–water partition coefficient (Wildman–Crippen LogP) is -0.316. The predicted molar refractivity (Wildman–Crippen MR) is 32.2 cm³/mol. The zero-order valence-electron chi connectivity index (χ0n) is 4.16. The number of carbonyl (C=O) groups is 1. The summed E-state index contributed by atoms with van der Waals surface area (Å²) in [6.07, 6.45) is 0.0818. The van der Waals surface area contributed by atoms with Crippen LogP contribution in [0.4, 0.5) is 0 Å². The zero-order chi connectivity index (χ0) is 6.57. The van der Waals surface area contributed by atoms with Crippen molar-refractivity contribution in [1.29, 1.82) is 5.26 Å². The van der Waals surface area contributed by atoms with Crippen molar-refractivity contribution in [3.05, 3.63) is 0 Å². The number of primary amides is 1. The molecule has 8 heavy (non-hydrogen) atoms. The number of rotatable bonds is 2. The van der Waals surface area contributed by atoms with Crippen LogP contribution in [0.1, 0.15) is 6.42 Å². The van der Waals surface area contributed by atoms with E-state index in [4.69, 9.17) is 11.0 Å². The number of nitrogens with two attached hydrogens (primary N) is 1. The van der Waals surface area contributed by atoms with E-state index in [2.05, 4.69) is 12.6 Å². The summed E-state index contributed by atoms with van der Waals surface area (Å²) in [7, 11) is 0. The summed E-state index contributed by atoms with van der Waals surface area (Å²) in [4.78, 5) is 10.1. The Kier molecular flexibility index (Phi) is 3.04. The first-order chi connectivity index (χ1) is 3.68. The minimum Gasteiger partial charge on any atom is -0.369 e. The molecule has 4 heteroatoms. The lowest BCUT2D eigenvalue weighted by atomic mass is 10.3. The fourth-order valence-electron chi connectivity index (χ4n) is 0.187. The van der Waals surface area contributed by atoms with Gasteiger partial charge in [-0.3, -0.25) is 4.79 Å². The Bertz CT molecular complexity index is 128. The topological polar surface area (TPSA) is 66.9 Å². The average molecular weight is 130 g/mol. The monoisotopic (exact) mass is 130 g/mol. The van der Waals surface area contributed by atoms with Gasteiger partial charge in [0.25, 0.3) is 0 Å². The molecule has 0 aliphatic heterocycles. The number of carbonyl (C=O) groups excluding carboxylic acids is 1. The summed E-state index contributed by atoms with van der Waals surface area (Å²) in [5.41, 5.74) is 4.76. The Balaban J connectivity index is 3.52. The van der Waals surface area contributed by atoms with Gasteiger partial charge in [0.05, 0.1) is 17.7 Å². The highest BCUT2D eigenvalue weighted by Crippen LogP contribution is 1.96. The second kappa shape index (κ2) is 3.33. The van der Waals surface area contributed by atoms with Crippen molar-refractivity contribution in [2.75, 3.05) is 0 Å². The summed E-state index contributed by atoms with van der Waals surface area (Å²) in [6, 6.07) is 1.77. The molecule has 1 unspecified atom stereocenters. The number of hydrogen-bond donors (Lipinski definition) is 2. The van der Waals surface area contributed by atoms with Crippen molar-refractivity contribution < 1.29 is 4.79 Å². The zero-order valence-corrected chi connectivity index (χ0v) is 5.06. The molecule has 0 aliphatic rings. The molecular formula is C4H6N2OS. The average Bonchev–Trinajstić information content (AvgIpc) is 1.67. The SMILES string of the molecule is N#CCC(S)C(N)=O. The Morgan fingerprint density at radius 3 is 2.62 bits per heavy atom. The first-order valence-electron chi connectivity index (χ1n) is 2.03. The smallest absolute Gasteiger partial charge is 0.231 e. The normalized spacial score (nSPS) is 12.0. The number of amides is 1. The van der Waals surface area contributed by atoms with E-state index in [1.165, 1.54) is 0 Å². The second-order valence-corrected chi connectivity index (χ2v) is 1.90. The van der Waals surface area contributed by atoms with E-state index in [0.717, 1.165) is 0 Å². The molecule has 0 aromatic rings. The first-order valence-corrected chi connectivity index (χ1v) is 2.54. The third-order valence-electron chi connectivity index (χ3n) is 0.613. The van der Waals surface area contributed by atoms with Crippen LogP contribution >= 0.6 is 12.6 Å². The van der Waals surface area contributed by atoms with E-state index in [1.807, 2.05) is 0 Å². The first kappa shape index (κ1) is 7.31. The van der Waals surface area contributed by atoms with Crippen LogP contribution in [0.15, 0.2) is 0 Å². The molecule has 1 atom stereocenters. The van der Waals surface area contributed by atoms with E-state index in [0.29, 0.717) is 0 Å². The van der Waals surface area contributed by atoms with Gasteiger partial charge in [-0.2, -0.15) is 17.9 Å². The Morgan fingerprint density at radius 1 is 2.00 bits per heavy atom. The van der Waals surface area contributed by atoms with Crippen LogP contribution in [0.2, 0.25) is 0 Å². The van der Waals surface area contributed by atoms with Crippen molar-refractivity contribution in [3.8, 4) is 6.07 Å². The van der Waals surface area contributed by atoms with Crippen LogP contribution in [0.25, 0.3) is 0 Å². The van der Waals surface area contributed by atoms with Gasteiger partial charge in [-0.1, -0.05) is 0 Å². The molecule has 0 aromatic heterocycles. The van der Waals surface area contributed by atoms with Gasteiger partial charge < -0.3 is 5.73 Å². The molecule has 3 nitrogen and oxygen atoms in total. The highest BCUT2D eigenvalue weighted by atomic mass is 32.1. The largest absolute Gasteiger partial charge is 0.369 e. The quantitative estimate of drug-likeness (QED) is 0.503. The van der Waals surface area contributed by atoms with Gasteiger partial charge in [0.15, 0.2) is 0 Å².